The van der Waals surface area contributed by atoms with Crippen molar-refractivity contribution in [1.29, 1.82) is 0 Å². The van der Waals surface area contributed by atoms with Crippen LogP contribution < -0.4 is 4.74 Å². The van der Waals surface area contributed by atoms with Crippen LogP contribution in [-0.4, -0.2) is 30.1 Å². The van der Waals surface area contributed by atoms with Gasteiger partial charge in [-0.15, -0.1) is 0 Å². The van der Waals surface area contributed by atoms with Gasteiger partial charge in [-0.05, 0) is 43.7 Å². The van der Waals surface area contributed by atoms with Gasteiger partial charge in [-0.2, -0.15) is 0 Å². The first kappa shape index (κ1) is 19.0. The maximum absolute atomic E-state index is 12.5. The third-order valence-corrected chi connectivity index (χ3v) is 4.42. The summed E-state index contributed by atoms with van der Waals surface area (Å²) >= 11 is 0. The standard InChI is InChI=1S/C20H26O5/c1-13-7-9-15-11-17(24-3)12-18(22)19(15)20(23)25-14(2)5-4-6-16(21)10-8-13/h7,9,11-14,22H,4-6,8,10H2,1-3H3/b9-7+/t13-,14-/m1/s1. The summed E-state index contributed by atoms with van der Waals surface area (Å²) in [4.78, 5) is 24.4. The van der Waals surface area contributed by atoms with E-state index in [0.29, 0.717) is 37.0 Å². The van der Waals surface area contributed by atoms with Crippen LogP contribution in [0.4, 0.5) is 0 Å². The molecule has 0 aromatic heterocycles. The van der Waals surface area contributed by atoms with Gasteiger partial charge in [0, 0.05) is 18.9 Å². The Hall–Kier alpha value is -2.30. The molecule has 0 fully saturated rings. The lowest BCUT2D eigenvalue weighted by Crippen LogP contribution is -2.17. The molecule has 0 amide bonds. The maximum Gasteiger partial charge on any atom is 0.342 e. The molecule has 25 heavy (non-hydrogen) atoms. The summed E-state index contributed by atoms with van der Waals surface area (Å²) in [6, 6.07) is 3.10. The van der Waals surface area contributed by atoms with E-state index in [1.54, 1.807) is 19.1 Å². The van der Waals surface area contributed by atoms with E-state index in [-0.39, 0.29) is 29.1 Å². The zero-order valence-corrected chi connectivity index (χ0v) is 15.1. The number of esters is 1. The van der Waals surface area contributed by atoms with Gasteiger partial charge in [0.05, 0.1) is 13.2 Å². The van der Waals surface area contributed by atoms with Gasteiger partial charge in [0.2, 0.25) is 0 Å². The van der Waals surface area contributed by atoms with Crippen molar-refractivity contribution in [2.75, 3.05) is 7.11 Å². The smallest absolute Gasteiger partial charge is 0.342 e. The van der Waals surface area contributed by atoms with Crippen LogP contribution in [0.1, 0.15) is 61.9 Å². The Bertz CT molecular complexity index is 662. The molecule has 1 aromatic carbocycles. The van der Waals surface area contributed by atoms with Crippen LogP contribution in [0.15, 0.2) is 18.2 Å². The number of cyclic esters (lactones) is 1. The highest BCUT2D eigenvalue weighted by Crippen LogP contribution is 2.30. The van der Waals surface area contributed by atoms with Crippen LogP contribution in [0.5, 0.6) is 11.5 Å². The lowest BCUT2D eigenvalue weighted by atomic mass is 9.97. The topological polar surface area (TPSA) is 72.8 Å². The minimum atomic E-state index is -0.566. The first-order valence-electron chi connectivity index (χ1n) is 8.72. The fraction of sp³-hybridized carbons (Fsp3) is 0.500. The molecule has 1 aromatic rings. The van der Waals surface area contributed by atoms with Crippen molar-refractivity contribution in [2.24, 2.45) is 5.92 Å². The number of allylic oxidation sites excluding steroid dienone is 1. The van der Waals surface area contributed by atoms with E-state index in [0.717, 1.165) is 6.42 Å². The maximum atomic E-state index is 12.5. The van der Waals surface area contributed by atoms with Crippen molar-refractivity contribution in [3.63, 3.8) is 0 Å². The molecule has 1 aliphatic heterocycles. The zero-order valence-electron chi connectivity index (χ0n) is 15.1. The molecule has 136 valence electrons. The summed E-state index contributed by atoms with van der Waals surface area (Å²) in [7, 11) is 1.50. The molecular formula is C20H26O5. The Morgan fingerprint density at radius 1 is 1.16 bits per heavy atom. The molecule has 5 nitrogen and oxygen atoms in total. The minimum absolute atomic E-state index is 0.143. The van der Waals surface area contributed by atoms with Gasteiger partial charge in [-0.1, -0.05) is 19.1 Å². The van der Waals surface area contributed by atoms with Gasteiger partial charge >= 0.3 is 5.97 Å². The number of phenolic OH excluding ortho intramolecular Hbond substituents is 1. The number of carbonyl (C=O) groups is 2. The van der Waals surface area contributed by atoms with Crippen molar-refractivity contribution in [3.8, 4) is 11.5 Å². The van der Waals surface area contributed by atoms with Crippen LogP contribution in [0, 0.1) is 5.92 Å². The van der Waals surface area contributed by atoms with E-state index in [4.69, 9.17) is 9.47 Å². The highest BCUT2D eigenvalue weighted by atomic mass is 16.5. The fourth-order valence-corrected chi connectivity index (χ4v) is 2.86. The summed E-state index contributed by atoms with van der Waals surface area (Å²) in [6.45, 7) is 3.82. The Morgan fingerprint density at radius 3 is 2.64 bits per heavy atom. The average Bonchev–Trinajstić information content (AvgIpc) is 2.56. The number of hydrogen-bond acceptors (Lipinski definition) is 5. The summed E-state index contributed by atoms with van der Waals surface area (Å²) in [5.74, 6) is 0.166. The van der Waals surface area contributed by atoms with E-state index >= 15 is 0 Å². The number of aromatic hydroxyl groups is 1. The van der Waals surface area contributed by atoms with Crippen molar-refractivity contribution in [2.45, 2.75) is 52.1 Å². The summed E-state index contributed by atoms with van der Waals surface area (Å²) in [5.41, 5.74) is 0.688. The molecule has 0 radical (unpaired) electrons. The summed E-state index contributed by atoms with van der Waals surface area (Å²) in [6.07, 6.45) is 6.54. The second-order valence-corrected chi connectivity index (χ2v) is 6.63. The second-order valence-electron chi connectivity index (χ2n) is 6.63. The highest BCUT2D eigenvalue weighted by molar-refractivity contribution is 5.97. The number of methoxy groups -OCH3 is 1. The van der Waals surface area contributed by atoms with Crippen LogP contribution >= 0.6 is 0 Å². The molecule has 2 atom stereocenters. The number of carbonyl (C=O) groups excluding carboxylic acids is 2. The minimum Gasteiger partial charge on any atom is -0.507 e. The average molecular weight is 346 g/mol. The van der Waals surface area contributed by atoms with Gasteiger partial charge < -0.3 is 14.6 Å². The van der Waals surface area contributed by atoms with Crippen LogP contribution in [0.2, 0.25) is 0 Å². The predicted octanol–water partition coefficient (Wildman–Crippen LogP) is 4.13. The number of fused-ring (bicyclic) bond motifs is 1. The Morgan fingerprint density at radius 2 is 1.92 bits per heavy atom. The number of ether oxygens (including phenoxy) is 2. The Labute approximate surface area is 148 Å². The number of hydrogen-bond donors (Lipinski definition) is 1. The van der Waals surface area contributed by atoms with Crippen molar-refractivity contribution in [1.82, 2.24) is 0 Å². The summed E-state index contributed by atoms with van der Waals surface area (Å²) in [5, 5.41) is 10.3. The number of benzene rings is 1. The van der Waals surface area contributed by atoms with Crippen molar-refractivity contribution in [3.05, 3.63) is 29.3 Å². The monoisotopic (exact) mass is 346 g/mol. The molecule has 5 heteroatoms. The Balaban J connectivity index is 2.40. The molecule has 0 spiro atoms. The zero-order chi connectivity index (χ0) is 18.4. The molecule has 0 saturated heterocycles. The fourth-order valence-electron chi connectivity index (χ4n) is 2.86. The van der Waals surface area contributed by atoms with Crippen LogP contribution in [0.3, 0.4) is 0 Å². The van der Waals surface area contributed by atoms with Crippen LogP contribution in [0.25, 0.3) is 6.08 Å². The quantitative estimate of drug-likeness (QED) is 0.774. The lowest BCUT2D eigenvalue weighted by Gasteiger charge is -2.16. The van der Waals surface area contributed by atoms with Gasteiger partial charge in [-0.25, -0.2) is 4.79 Å². The third-order valence-electron chi connectivity index (χ3n) is 4.42. The number of rotatable bonds is 1. The number of Topliss-reactive ketones (excluding diaryl/α,β-unsaturated/α-hetero) is 1. The van der Waals surface area contributed by atoms with E-state index < -0.39 is 5.97 Å². The third kappa shape index (κ3) is 5.34. The van der Waals surface area contributed by atoms with Gasteiger partial charge in [0.25, 0.3) is 0 Å². The van der Waals surface area contributed by atoms with E-state index in [9.17, 15) is 14.7 Å². The normalized spacial score (nSPS) is 24.0. The molecule has 1 N–H and O–H groups in total. The first-order chi connectivity index (χ1) is 11.9. The molecule has 0 aliphatic carbocycles. The predicted molar refractivity (Wildman–Crippen MR) is 95.8 cm³/mol. The molecule has 2 rings (SSSR count). The SMILES string of the molecule is COc1cc(O)c2c(c1)/C=C/[C@@H](C)CCC(=O)CCC[C@@H](C)OC2=O. The molecule has 1 aliphatic rings. The lowest BCUT2D eigenvalue weighted by molar-refractivity contribution is -0.119. The first-order valence-corrected chi connectivity index (χ1v) is 8.72. The molecule has 0 unspecified atom stereocenters. The largest absolute Gasteiger partial charge is 0.507 e. The molecule has 0 saturated carbocycles. The van der Waals surface area contributed by atoms with E-state index in [1.165, 1.54) is 13.2 Å². The number of ketones is 1. The second kappa shape index (κ2) is 8.70. The van der Waals surface area contributed by atoms with Gasteiger partial charge in [-0.3, -0.25) is 4.79 Å². The van der Waals surface area contributed by atoms with Crippen molar-refractivity contribution < 1.29 is 24.2 Å². The van der Waals surface area contributed by atoms with Gasteiger partial charge in [0.1, 0.15) is 22.8 Å². The molecular weight excluding hydrogens is 320 g/mol. The summed E-state index contributed by atoms with van der Waals surface area (Å²) < 4.78 is 10.6. The molecule has 1 heterocycles. The highest BCUT2D eigenvalue weighted by Gasteiger charge is 2.21. The van der Waals surface area contributed by atoms with Crippen LogP contribution in [-0.2, 0) is 9.53 Å². The van der Waals surface area contributed by atoms with E-state index in [1.807, 2.05) is 13.0 Å². The van der Waals surface area contributed by atoms with Crippen molar-refractivity contribution >= 4 is 17.8 Å². The Kier molecular flexibility index (Phi) is 6.62. The molecule has 0 bridgehead atoms. The van der Waals surface area contributed by atoms with E-state index in [2.05, 4.69) is 0 Å². The number of phenols is 1. The van der Waals surface area contributed by atoms with Gasteiger partial charge in [0.15, 0.2) is 0 Å².